The number of hydrogen-bond donors (Lipinski definition) is 8. The molecule has 0 spiro atoms. The molecule has 0 aromatic carbocycles. The van der Waals surface area contributed by atoms with Crippen LogP contribution in [0.2, 0.25) is 0 Å². The van der Waals surface area contributed by atoms with Crippen molar-refractivity contribution < 1.29 is 33.6 Å². The average molecular weight is 671 g/mol. The van der Waals surface area contributed by atoms with E-state index in [1.807, 2.05) is 0 Å². The Balaban J connectivity index is 0.00000144. The summed E-state index contributed by atoms with van der Waals surface area (Å²) < 4.78 is 0. The molecule has 5 saturated heterocycles. The van der Waals surface area contributed by atoms with Crippen molar-refractivity contribution in [3.05, 3.63) is 0 Å². The molecular weight excluding hydrogens is 614 g/mol. The molecule has 0 aromatic heterocycles. The predicted octanol–water partition coefficient (Wildman–Crippen LogP) is 2.60. The molecule has 4 aliphatic carbocycles. The van der Waals surface area contributed by atoms with Crippen LogP contribution in [0.15, 0.2) is 0 Å². The molecule has 5 heterocycles. The van der Waals surface area contributed by atoms with Crippen molar-refractivity contribution in [2.45, 2.75) is 152 Å². The number of fused-ring (bicyclic) bond motifs is 20. The molecule has 10 heteroatoms. The summed E-state index contributed by atoms with van der Waals surface area (Å²) in [5.41, 5.74) is 0. The Bertz CT molecular complexity index is 721. The van der Waals surface area contributed by atoms with Crippen molar-refractivity contribution in [1.29, 1.82) is 0 Å². The molecule has 242 valence electrons. The first-order chi connectivity index (χ1) is 19.8. The fourth-order valence-electron chi connectivity index (χ4n) is 12.0. The van der Waals surface area contributed by atoms with E-state index in [0.717, 1.165) is 47.3 Å². The minimum absolute atomic E-state index is 0. The molecule has 9 rings (SSSR count). The molecule has 0 amide bonds. The van der Waals surface area contributed by atoms with Gasteiger partial charge in [-0.15, -0.1) is 0 Å². The average Bonchev–Trinajstić information content (AvgIpc) is 3.73. The maximum absolute atomic E-state index is 4.26. The molecule has 8 atom stereocenters. The van der Waals surface area contributed by atoms with E-state index < -0.39 is 0 Å². The quantitative estimate of drug-likeness (QED) is 0.200. The number of rotatable bonds is 0. The van der Waals surface area contributed by atoms with Crippen LogP contribution in [0.3, 0.4) is 0 Å². The van der Waals surface area contributed by atoms with E-state index in [2.05, 4.69) is 42.5 Å². The number of nitrogens with one attached hydrogen (secondary N) is 8. The zero-order valence-corrected chi connectivity index (χ0v) is 27.3. The Kier molecular flexibility index (Phi) is 9.74. The summed E-state index contributed by atoms with van der Waals surface area (Å²) in [6, 6.07) is 0. The van der Waals surface area contributed by atoms with Gasteiger partial charge in [-0.05, 0) is 98.7 Å². The van der Waals surface area contributed by atoms with Gasteiger partial charge in [0.15, 0.2) is 0 Å². The van der Waals surface area contributed by atoms with Crippen LogP contribution in [0, 0.1) is 47.3 Å². The van der Waals surface area contributed by atoms with Gasteiger partial charge >= 0.3 is 0 Å². The van der Waals surface area contributed by atoms with E-state index >= 15 is 0 Å². The largest absolute Gasteiger partial charge is 0.286 e. The molecule has 8 unspecified atom stereocenters. The number of hydrogen-bond acceptors (Lipinski definition) is 8. The Morgan fingerprint density at radius 2 is 0.333 bits per heavy atom. The summed E-state index contributed by atoms with van der Waals surface area (Å²) in [5.74, 6) is 5.97. The molecule has 2 radical (unpaired) electrons. The smallest absolute Gasteiger partial charge is 0.0628 e. The van der Waals surface area contributed by atoms with Crippen LogP contribution in [0.4, 0.5) is 0 Å². The Labute approximate surface area is 274 Å². The van der Waals surface area contributed by atoms with Crippen LogP contribution in [0.25, 0.3) is 0 Å². The minimum atomic E-state index is 0. The third-order valence-electron chi connectivity index (χ3n) is 13.8. The molecule has 8 N–H and O–H groups in total. The Morgan fingerprint density at radius 3 is 0.452 bits per heavy atom. The van der Waals surface area contributed by atoms with Gasteiger partial charge in [0, 0.05) is 33.6 Å². The van der Waals surface area contributed by atoms with E-state index in [1.54, 1.807) is 0 Å². The van der Waals surface area contributed by atoms with Gasteiger partial charge in [-0.25, -0.2) is 0 Å². The summed E-state index contributed by atoms with van der Waals surface area (Å²) in [6.07, 6.45) is 25.6. The van der Waals surface area contributed by atoms with Gasteiger partial charge in [-0.1, -0.05) is 51.4 Å². The molecule has 9 fully saturated rings. The van der Waals surface area contributed by atoms with Gasteiger partial charge in [0.2, 0.25) is 0 Å². The molecule has 4 saturated carbocycles. The normalized spacial score (nSPS) is 54.9. The Hall–Kier alpha value is 0.693. The summed E-state index contributed by atoms with van der Waals surface area (Å²) in [5, 5.41) is 33.8. The van der Waals surface area contributed by atoms with Crippen LogP contribution in [-0.4, -0.2) is 49.3 Å². The first-order valence-corrected chi connectivity index (χ1v) is 17.9. The van der Waals surface area contributed by atoms with Gasteiger partial charge in [-0.2, -0.15) is 0 Å². The molecule has 8 bridgehead atoms. The van der Waals surface area contributed by atoms with E-state index in [9.17, 15) is 0 Å². The molecular formula is C32H56Co2N8. The van der Waals surface area contributed by atoms with Gasteiger partial charge in [-0.3, -0.25) is 42.5 Å². The zero-order chi connectivity index (χ0) is 26.2. The zero-order valence-electron chi connectivity index (χ0n) is 25.2. The summed E-state index contributed by atoms with van der Waals surface area (Å²) in [7, 11) is 0. The van der Waals surface area contributed by atoms with E-state index in [-0.39, 0.29) is 33.6 Å². The molecule has 42 heavy (non-hydrogen) atoms. The SMILES string of the molecule is C1CCC2C3NC(NC4NC(NC5NC(NC6NC(N3)C3CCCCC63)C3CCCCC53)C3CCCCC43)C2C1.[Co].[Co]. The summed E-state index contributed by atoms with van der Waals surface area (Å²) >= 11 is 0. The van der Waals surface area contributed by atoms with Crippen molar-refractivity contribution in [3.8, 4) is 0 Å². The predicted molar refractivity (Wildman–Crippen MR) is 157 cm³/mol. The molecule has 0 aromatic rings. The third kappa shape index (κ3) is 5.43. The molecule has 9 aliphatic rings. The molecule has 8 nitrogen and oxygen atoms in total. The Morgan fingerprint density at radius 1 is 0.214 bits per heavy atom. The van der Waals surface area contributed by atoms with Crippen molar-refractivity contribution >= 4 is 0 Å². The topological polar surface area (TPSA) is 96.2 Å². The van der Waals surface area contributed by atoms with Crippen molar-refractivity contribution in [2.24, 2.45) is 47.3 Å². The second-order valence-corrected chi connectivity index (χ2v) is 15.6. The van der Waals surface area contributed by atoms with Crippen molar-refractivity contribution in [2.75, 3.05) is 0 Å². The standard InChI is InChI=1S/C32H56N8.2Co/c1-2-10-18-17(9-1)25-33-26(18)38-28-21-13-5-6-14-22(21)30(35-28)40-32-24-16-8-7-15-23(24)31(36-32)39-29-20-12-4-3-11-19(20)27(34-29)37-25;;/h17-40H,1-16H2;;. The van der Waals surface area contributed by atoms with E-state index in [0.29, 0.717) is 49.3 Å². The van der Waals surface area contributed by atoms with Gasteiger partial charge in [0.25, 0.3) is 0 Å². The second kappa shape index (κ2) is 13.1. The summed E-state index contributed by atoms with van der Waals surface area (Å²) in [4.78, 5) is 0. The van der Waals surface area contributed by atoms with Gasteiger partial charge in [0.1, 0.15) is 0 Å². The fraction of sp³-hybridized carbons (Fsp3) is 1.00. The fourth-order valence-corrected chi connectivity index (χ4v) is 12.0. The third-order valence-corrected chi connectivity index (χ3v) is 13.8. The monoisotopic (exact) mass is 670 g/mol. The van der Waals surface area contributed by atoms with Crippen molar-refractivity contribution in [3.63, 3.8) is 0 Å². The van der Waals surface area contributed by atoms with E-state index in [4.69, 9.17) is 0 Å². The van der Waals surface area contributed by atoms with Gasteiger partial charge in [0.05, 0.1) is 49.3 Å². The molecule has 5 aliphatic heterocycles. The van der Waals surface area contributed by atoms with E-state index in [1.165, 1.54) is 103 Å². The first-order valence-electron chi connectivity index (χ1n) is 17.9. The van der Waals surface area contributed by atoms with Crippen LogP contribution < -0.4 is 42.5 Å². The summed E-state index contributed by atoms with van der Waals surface area (Å²) in [6.45, 7) is 0. The minimum Gasteiger partial charge on any atom is -0.286 e. The van der Waals surface area contributed by atoms with Crippen LogP contribution in [0.5, 0.6) is 0 Å². The van der Waals surface area contributed by atoms with Crippen molar-refractivity contribution in [1.82, 2.24) is 42.5 Å². The first kappa shape index (κ1) is 31.3. The second-order valence-electron chi connectivity index (χ2n) is 15.6. The van der Waals surface area contributed by atoms with Gasteiger partial charge < -0.3 is 0 Å². The van der Waals surface area contributed by atoms with Crippen LogP contribution in [-0.2, 0) is 33.6 Å². The maximum Gasteiger partial charge on any atom is 0.0628 e. The van der Waals surface area contributed by atoms with Crippen LogP contribution in [0.1, 0.15) is 103 Å². The van der Waals surface area contributed by atoms with Crippen LogP contribution >= 0.6 is 0 Å². The maximum atomic E-state index is 4.26.